The van der Waals surface area contributed by atoms with Gasteiger partial charge in [-0.15, -0.1) is 0 Å². The van der Waals surface area contributed by atoms with E-state index >= 15 is 0 Å². The van der Waals surface area contributed by atoms with Crippen molar-refractivity contribution in [2.75, 3.05) is 18.6 Å². The van der Waals surface area contributed by atoms with Crippen LogP contribution >= 0.6 is 0 Å². The number of carbonyl (C=O) groups excluding carboxylic acids is 1. The zero-order chi connectivity index (χ0) is 16.8. The van der Waals surface area contributed by atoms with Crippen LogP contribution in [0.2, 0.25) is 0 Å². The van der Waals surface area contributed by atoms with Crippen LogP contribution in [0.1, 0.15) is 30.1 Å². The van der Waals surface area contributed by atoms with E-state index in [0.29, 0.717) is 48.8 Å². The third-order valence-corrected chi connectivity index (χ3v) is 3.11. The number of ether oxygens (including phenoxy) is 2. The molecule has 0 fully saturated rings. The summed E-state index contributed by atoms with van der Waals surface area (Å²) in [5.74, 6) is 0.447. The molecule has 8 heteroatoms. The predicted molar refractivity (Wildman–Crippen MR) is 85.3 cm³/mol. The largest absolute Gasteiger partial charge is 0.486 e. The van der Waals surface area contributed by atoms with E-state index in [2.05, 4.69) is 10.5 Å². The van der Waals surface area contributed by atoms with Gasteiger partial charge in [0.2, 0.25) is 5.71 Å². The van der Waals surface area contributed by atoms with Gasteiger partial charge in [0.1, 0.15) is 19.3 Å². The highest BCUT2D eigenvalue weighted by Gasteiger charge is 2.19. The van der Waals surface area contributed by atoms with Crippen LogP contribution < -0.4 is 20.6 Å². The van der Waals surface area contributed by atoms with Crippen LogP contribution in [0.25, 0.3) is 0 Å². The molecule has 2 rings (SSSR count). The smallest absolute Gasteiger partial charge is 0.201 e. The number of amidine groups is 1. The molecule has 0 unspecified atom stereocenters. The summed E-state index contributed by atoms with van der Waals surface area (Å²) in [4.78, 5) is 12.3. The van der Waals surface area contributed by atoms with Crippen molar-refractivity contribution in [1.82, 2.24) is 0 Å². The van der Waals surface area contributed by atoms with E-state index in [1.807, 2.05) is 6.92 Å². The number of carbonyl (C=O) groups is 1. The van der Waals surface area contributed by atoms with Crippen LogP contribution in [-0.4, -0.2) is 30.5 Å². The summed E-state index contributed by atoms with van der Waals surface area (Å²) in [6.07, 6.45) is 1.07. The molecule has 23 heavy (non-hydrogen) atoms. The summed E-state index contributed by atoms with van der Waals surface area (Å²) in [5.41, 5.74) is 8.37. The fourth-order valence-corrected chi connectivity index (χ4v) is 2.04. The Balaban J connectivity index is 2.41. The molecule has 0 spiro atoms. The first-order chi connectivity index (χ1) is 11.1. The Hall–Kier alpha value is -3.08. The van der Waals surface area contributed by atoms with Gasteiger partial charge in [0.25, 0.3) is 0 Å². The van der Waals surface area contributed by atoms with Crippen molar-refractivity contribution < 1.29 is 14.3 Å². The molecule has 8 nitrogen and oxygen atoms in total. The van der Waals surface area contributed by atoms with Gasteiger partial charge in [-0.25, -0.2) is 0 Å². The molecule has 0 aromatic heterocycles. The molecule has 1 aromatic rings. The maximum absolute atomic E-state index is 12.3. The second kappa shape index (κ2) is 7.26. The van der Waals surface area contributed by atoms with Crippen molar-refractivity contribution in [2.24, 2.45) is 10.8 Å². The van der Waals surface area contributed by atoms with Gasteiger partial charge < -0.3 is 15.2 Å². The average Bonchev–Trinajstić information content (AvgIpc) is 2.54. The molecule has 120 valence electrons. The van der Waals surface area contributed by atoms with Crippen LogP contribution in [0.4, 0.5) is 5.69 Å². The molecule has 0 atom stereocenters. The average molecular weight is 315 g/mol. The standard InChI is InChI=1S/C15H17N5O3/c1-2-3-12(21)9-6-13-14(23-5-4-22-13)7-10(9)19-20-11(8-16)15(17)18/h6-7,19H,2-5H2,1H3,(H3,17,18)/b20-11+. The number of nitrogens with two attached hydrogens (primary N) is 1. The highest BCUT2D eigenvalue weighted by molar-refractivity contribution is 6.45. The fraction of sp³-hybridized carbons (Fsp3) is 0.333. The first kappa shape index (κ1) is 16.3. The second-order valence-electron chi connectivity index (χ2n) is 4.81. The SMILES string of the molecule is CCCC(=O)c1cc2c(cc1N/N=C(\C#N)C(=N)N)OCCO2. The number of Topliss-reactive ketones (excluding diaryl/α,β-unsaturated/α-hetero) is 1. The number of hydrogen-bond acceptors (Lipinski definition) is 7. The number of benzene rings is 1. The van der Waals surface area contributed by atoms with Crippen LogP contribution in [0.5, 0.6) is 11.5 Å². The Bertz CT molecular complexity index is 706. The van der Waals surface area contributed by atoms with Crippen molar-refractivity contribution in [2.45, 2.75) is 19.8 Å². The lowest BCUT2D eigenvalue weighted by Crippen LogP contribution is -2.22. The summed E-state index contributed by atoms with van der Waals surface area (Å²) in [6.45, 7) is 2.74. The summed E-state index contributed by atoms with van der Waals surface area (Å²) in [7, 11) is 0. The number of anilines is 1. The number of nitriles is 1. The lowest BCUT2D eigenvalue weighted by atomic mass is 10.0. The lowest BCUT2D eigenvalue weighted by molar-refractivity contribution is 0.0981. The van der Waals surface area contributed by atoms with Crippen molar-refractivity contribution in [3.63, 3.8) is 0 Å². The predicted octanol–water partition coefficient (Wildman–Crippen LogP) is 1.67. The van der Waals surface area contributed by atoms with Gasteiger partial charge in [-0.2, -0.15) is 10.4 Å². The number of rotatable bonds is 6. The Morgan fingerprint density at radius 3 is 2.65 bits per heavy atom. The monoisotopic (exact) mass is 315 g/mol. The molecule has 0 aliphatic carbocycles. The Morgan fingerprint density at radius 1 is 1.43 bits per heavy atom. The minimum atomic E-state index is -0.459. The van der Waals surface area contributed by atoms with Gasteiger partial charge in [-0.05, 0) is 12.5 Å². The number of nitrogens with one attached hydrogen (secondary N) is 2. The van der Waals surface area contributed by atoms with Gasteiger partial charge in [0.15, 0.2) is 23.1 Å². The zero-order valence-corrected chi connectivity index (χ0v) is 12.7. The Labute approximate surface area is 133 Å². The summed E-state index contributed by atoms with van der Waals surface area (Å²) in [5, 5.41) is 19.9. The maximum atomic E-state index is 12.3. The molecule has 0 saturated carbocycles. The van der Waals surface area contributed by atoms with Gasteiger partial charge in [0, 0.05) is 18.1 Å². The molecule has 1 aliphatic rings. The zero-order valence-electron chi connectivity index (χ0n) is 12.7. The first-order valence-electron chi connectivity index (χ1n) is 7.11. The highest BCUT2D eigenvalue weighted by atomic mass is 16.6. The molecule has 1 aromatic carbocycles. The van der Waals surface area contributed by atoms with E-state index < -0.39 is 5.84 Å². The van der Waals surface area contributed by atoms with E-state index in [-0.39, 0.29) is 11.5 Å². The molecule has 1 aliphatic heterocycles. The van der Waals surface area contributed by atoms with E-state index in [1.54, 1.807) is 18.2 Å². The lowest BCUT2D eigenvalue weighted by Gasteiger charge is -2.20. The van der Waals surface area contributed by atoms with Crippen molar-refractivity contribution in [3.05, 3.63) is 17.7 Å². The maximum Gasteiger partial charge on any atom is 0.201 e. The third kappa shape index (κ3) is 3.77. The minimum absolute atomic E-state index is 0.0801. The third-order valence-electron chi connectivity index (χ3n) is 3.11. The van der Waals surface area contributed by atoms with Gasteiger partial charge >= 0.3 is 0 Å². The van der Waals surface area contributed by atoms with Crippen molar-refractivity contribution >= 4 is 23.0 Å². The first-order valence-corrected chi connectivity index (χ1v) is 7.11. The van der Waals surface area contributed by atoms with Crippen LogP contribution in [0.3, 0.4) is 0 Å². The van der Waals surface area contributed by atoms with Crippen LogP contribution in [-0.2, 0) is 0 Å². The topological polar surface area (TPSA) is 134 Å². The number of hydrogen-bond donors (Lipinski definition) is 3. The quantitative estimate of drug-likeness (QED) is 0.316. The number of fused-ring (bicyclic) bond motifs is 1. The van der Waals surface area contributed by atoms with E-state index in [9.17, 15) is 4.79 Å². The van der Waals surface area contributed by atoms with Crippen molar-refractivity contribution in [1.29, 1.82) is 10.7 Å². The van der Waals surface area contributed by atoms with Crippen molar-refractivity contribution in [3.8, 4) is 17.6 Å². The summed E-state index contributed by atoms with van der Waals surface area (Å²) in [6, 6.07) is 4.90. The Morgan fingerprint density at radius 2 is 2.09 bits per heavy atom. The summed E-state index contributed by atoms with van der Waals surface area (Å²) < 4.78 is 11.0. The number of hydrazone groups is 1. The van der Waals surface area contributed by atoms with E-state index in [0.717, 1.165) is 0 Å². The van der Waals surface area contributed by atoms with Gasteiger partial charge in [-0.1, -0.05) is 6.92 Å². The molecule has 1 heterocycles. The van der Waals surface area contributed by atoms with Gasteiger partial charge in [-0.3, -0.25) is 15.6 Å². The molecule has 0 amide bonds. The number of ketones is 1. The fourth-order valence-electron chi connectivity index (χ4n) is 2.04. The molecule has 4 N–H and O–H groups in total. The molecular weight excluding hydrogens is 298 g/mol. The second-order valence-corrected chi connectivity index (χ2v) is 4.81. The normalized spacial score (nSPS) is 13.1. The Kier molecular flexibility index (Phi) is 5.15. The number of nitrogens with zero attached hydrogens (tertiary/aromatic N) is 2. The molecule has 0 bridgehead atoms. The molecular formula is C15H17N5O3. The van der Waals surface area contributed by atoms with E-state index in [1.165, 1.54) is 0 Å². The van der Waals surface area contributed by atoms with Crippen LogP contribution in [0.15, 0.2) is 17.2 Å². The molecule has 0 saturated heterocycles. The minimum Gasteiger partial charge on any atom is -0.486 e. The van der Waals surface area contributed by atoms with Gasteiger partial charge in [0.05, 0.1) is 5.69 Å². The molecule has 0 radical (unpaired) electrons. The highest BCUT2D eigenvalue weighted by Crippen LogP contribution is 2.36. The van der Waals surface area contributed by atoms with E-state index in [4.69, 9.17) is 25.9 Å². The summed E-state index contributed by atoms with van der Waals surface area (Å²) >= 11 is 0. The van der Waals surface area contributed by atoms with Crippen LogP contribution in [0, 0.1) is 16.7 Å².